The molecule has 2 atom stereocenters. The van der Waals surface area contributed by atoms with Crippen LogP contribution in [0, 0.1) is 5.92 Å². The predicted octanol–water partition coefficient (Wildman–Crippen LogP) is 1.65. The maximum Gasteiger partial charge on any atom is 0.152 e. The van der Waals surface area contributed by atoms with E-state index in [1.54, 1.807) is 0 Å². The number of piperidine rings is 1. The van der Waals surface area contributed by atoms with Crippen LogP contribution in [0.5, 0.6) is 0 Å². The Balaban J connectivity index is 1.91. The van der Waals surface area contributed by atoms with E-state index >= 15 is 0 Å². The number of hydrogen-bond acceptors (Lipinski definition) is 3. The highest BCUT2D eigenvalue weighted by molar-refractivity contribution is 5.63. The van der Waals surface area contributed by atoms with Gasteiger partial charge in [-0.15, -0.1) is 0 Å². The lowest BCUT2D eigenvalue weighted by atomic mass is 10.1. The van der Waals surface area contributed by atoms with Gasteiger partial charge in [0.15, 0.2) is 5.82 Å². The van der Waals surface area contributed by atoms with E-state index in [0.29, 0.717) is 0 Å². The summed E-state index contributed by atoms with van der Waals surface area (Å²) in [5.41, 5.74) is 6.75. The molecule has 2 unspecified atom stereocenters. The van der Waals surface area contributed by atoms with E-state index in [1.165, 1.54) is 19.3 Å². The molecule has 0 amide bonds. The van der Waals surface area contributed by atoms with Gasteiger partial charge in [0.25, 0.3) is 0 Å². The second-order valence-electron chi connectivity index (χ2n) is 4.31. The second-order valence-corrected chi connectivity index (χ2v) is 4.31. The average molecular weight is 189 g/mol. The van der Waals surface area contributed by atoms with E-state index in [9.17, 15) is 0 Å². The number of anilines is 2. The third-order valence-electron chi connectivity index (χ3n) is 3.35. The number of nitrogens with zero attached hydrogens (tertiary/aromatic N) is 2. The molecular formula is C11H15N3. The predicted molar refractivity (Wildman–Crippen MR) is 57.1 cm³/mol. The van der Waals surface area contributed by atoms with E-state index in [1.807, 2.05) is 18.3 Å². The minimum atomic E-state index is 0.737. The molecule has 0 aromatic carbocycles. The third kappa shape index (κ3) is 1.15. The molecule has 1 aromatic rings. The second kappa shape index (κ2) is 2.87. The Kier molecular flexibility index (Phi) is 1.66. The first-order valence-corrected chi connectivity index (χ1v) is 5.33. The van der Waals surface area contributed by atoms with Crippen LogP contribution in [0.25, 0.3) is 0 Å². The SMILES string of the molecule is Nc1cccnc1N1CCCC2CC21. The Labute approximate surface area is 83.9 Å². The van der Waals surface area contributed by atoms with E-state index < -0.39 is 0 Å². The van der Waals surface area contributed by atoms with Crippen LogP contribution in [0.3, 0.4) is 0 Å². The highest BCUT2D eigenvalue weighted by atomic mass is 15.3. The van der Waals surface area contributed by atoms with E-state index in [4.69, 9.17) is 5.73 Å². The lowest BCUT2D eigenvalue weighted by Gasteiger charge is -2.28. The third-order valence-corrected chi connectivity index (χ3v) is 3.35. The van der Waals surface area contributed by atoms with Gasteiger partial charge in [0.05, 0.1) is 5.69 Å². The van der Waals surface area contributed by atoms with Crippen molar-refractivity contribution in [1.82, 2.24) is 4.98 Å². The summed E-state index contributed by atoms with van der Waals surface area (Å²) in [5, 5.41) is 0. The lowest BCUT2D eigenvalue weighted by molar-refractivity contribution is 0.556. The molecule has 3 rings (SSSR count). The number of aromatic nitrogens is 1. The molecule has 0 spiro atoms. The molecule has 1 aromatic heterocycles. The van der Waals surface area contributed by atoms with E-state index in [0.717, 1.165) is 30.0 Å². The van der Waals surface area contributed by atoms with Crippen LogP contribution in [0.15, 0.2) is 18.3 Å². The molecule has 74 valence electrons. The van der Waals surface area contributed by atoms with Gasteiger partial charge < -0.3 is 10.6 Å². The summed E-state index contributed by atoms with van der Waals surface area (Å²) in [6.45, 7) is 1.13. The van der Waals surface area contributed by atoms with Gasteiger partial charge in [-0.1, -0.05) is 0 Å². The molecule has 14 heavy (non-hydrogen) atoms. The first kappa shape index (κ1) is 8.09. The number of hydrogen-bond donors (Lipinski definition) is 1. The van der Waals surface area contributed by atoms with Crippen molar-refractivity contribution in [3.8, 4) is 0 Å². The minimum absolute atomic E-state index is 0.737. The zero-order valence-electron chi connectivity index (χ0n) is 8.19. The fourth-order valence-corrected chi connectivity index (χ4v) is 2.53. The summed E-state index contributed by atoms with van der Waals surface area (Å²) in [6.07, 6.45) is 5.86. The Morgan fingerprint density at radius 1 is 1.50 bits per heavy atom. The summed E-state index contributed by atoms with van der Waals surface area (Å²) in [7, 11) is 0. The monoisotopic (exact) mass is 189 g/mol. The summed E-state index contributed by atoms with van der Waals surface area (Å²) < 4.78 is 0. The summed E-state index contributed by atoms with van der Waals surface area (Å²) >= 11 is 0. The average Bonchev–Trinajstić information content (AvgIpc) is 2.97. The van der Waals surface area contributed by atoms with Crippen LogP contribution in [0.1, 0.15) is 19.3 Å². The highest BCUT2D eigenvalue weighted by Crippen LogP contribution is 2.45. The summed E-state index contributed by atoms with van der Waals surface area (Å²) in [6, 6.07) is 4.57. The quantitative estimate of drug-likeness (QED) is 0.730. The van der Waals surface area contributed by atoms with Crippen molar-refractivity contribution >= 4 is 11.5 Å². The molecule has 0 radical (unpaired) electrons. The largest absolute Gasteiger partial charge is 0.396 e. The van der Waals surface area contributed by atoms with Crippen molar-refractivity contribution in [2.45, 2.75) is 25.3 Å². The molecule has 2 aliphatic rings. The summed E-state index contributed by atoms with van der Waals surface area (Å²) in [4.78, 5) is 6.77. The van der Waals surface area contributed by atoms with Gasteiger partial charge in [-0.25, -0.2) is 4.98 Å². The Hall–Kier alpha value is -1.25. The molecule has 1 saturated heterocycles. The van der Waals surface area contributed by atoms with E-state index in [-0.39, 0.29) is 0 Å². The topological polar surface area (TPSA) is 42.1 Å². The van der Waals surface area contributed by atoms with Crippen LogP contribution in [0.2, 0.25) is 0 Å². The Morgan fingerprint density at radius 2 is 2.43 bits per heavy atom. The first-order valence-electron chi connectivity index (χ1n) is 5.33. The van der Waals surface area contributed by atoms with Gasteiger partial charge in [0.1, 0.15) is 0 Å². The highest BCUT2D eigenvalue weighted by Gasteiger charge is 2.44. The van der Waals surface area contributed by atoms with Crippen LogP contribution < -0.4 is 10.6 Å². The van der Waals surface area contributed by atoms with Crippen molar-refractivity contribution in [3.05, 3.63) is 18.3 Å². The Bertz CT molecular complexity index is 350. The number of nitrogens with two attached hydrogens (primary N) is 1. The normalized spacial score (nSPS) is 29.9. The number of fused-ring (bicyclic) bond motifs is 1. The molecule has 2 N–H and O–H groups in total. The van der Waals surface area contributed by atoms with Crippen molar-refractivity contribution in [1.29, 1.82) is 0 Å². The zero-order valence-corrected chi connectivity index (χ0v) is 8.19. The van der Waals surface area contributed by atoms with Gasteiger partial charge in [0.2, 0.25) is 0 Å². The van der Waals surface area contributed by atoms with Gasteiger partial charge in [-0.05, 0) is 37.3 Å². The zero-order chi connectivity index (χ0) is 9.54. The summed E-state index contributed by atoms with van der Waals surface area (Å²) in [5.74, 6) is 1.92. The van der Waals surface area contributed by atoms with Gasteiger partial charge in [-0.3, -0.25) is 0 Å². The molecule has 1 aliphatic carbocycles. The molecular weight excluding hydrogens is 174 g/mol. The van der Waals surface area contributed by atoms with Crippen molar-refractivity contribution in [3.63, 3.8) is 0 Å². The maximum atomic E-state index is 5.93. The molecule has 1 aliphatic heterocycles. The first-order chi connectivity index (χ1) is 6.86. The molecule has 3 heteroatoms. The Morgan fingerprint density at radius 3 is 3.29 bits per heavy atom. The van der Waals surface area contributed by atoms with Crippen LogP contribution in [-0.2, 0) is 0 Å². The van der Waals surface area contributed by atoms with E-state index in [2.05, 4.69) is 9.88 Å². The maximum absolute atomic E-state index is 5.93. The fourth-order valence-electron chi connectivity index (χ4n) is 2.53. The molecule has 1 saturated carbocycles. The smallest absolute Gasteiger partial charge is 0.152 e. The van der Waals surface area contributed by atoms with Crippen molar-refractivity contribution < 1.29 is 0 Å². The fraction of sp³-hybridized carbons (Fsp3) is 0.545. The van der Waals surface area contributed by atoms with Gasteiger partial charge in [-0.2, -0.15) is 0 Å². The number of nitrogen functional groups attached to an aromatic ring is 1. The van der Waals surface area contributed by atoms with Crippen LogP contribution in [-0.4, -0.2) is 17.6 Å². The molecule has 2 heterocycles. The van der Waals surface area contributed by atoms with Crippen LogP contribution in [0.4, 0.5) is 11.5 Å². The molecule has 2 fully saturated rings. The molecule has 0 bridgehead atoms. The van der Waals surface area contributed by atoms with Crippen LogP contribution >= 0.6 is 0 Å². The standard InChI is InChI=1S/C11H15N3/c12-9-4-1-5-13-11(9)14-6-2-3-8-7-10(8)14/h1,4-5,8,10H,2-3,6-7,12H2. The van der Waals surface area contributed by atoms with Crippen molar-refractivity contribution in [2.75, 3.05) is 17.2 Å². The number of pyridine rings is 1. The van der Waals surface area contributed by atoms with Crippen molar-refractivity contribution in [2.24, 2.45) is 5.92 Å². The molecule has 3 nitrogen and oxygen atoms in total. The minimum Gasteiger partial charge on any atom is -0.396 e. The number of rotatable bonds is 1. The van der Waals surface area contributed by atoms with Gasteiger partial charge >= 0.3 is 0 Å². The van der Waals surface area contributed by atoms with Gasteiger partial charge in [0, 0.05) is 18.8 Å². The lowest BCUT2D eigenvalue weighted by Crippen LogP contribution is -2.32.